The van der Waals surface area contributed by atoms with Crippen LogP contribution >= 0.6 is 35.3 Å². The molecule has 8 heteroatoms. The Morgan fingerprint density at radius 2 is 2.07 bits per heavy atom. The zero-order valence-electron chi connectivity index (χ0n) is 16.0. The van der Waals surface area contributed by atoms with Gasteiger partial charge in [0.2, 0.25) is 5.91 Å². The largest absolute Gasteiger partial charge is 0.356 e. The summed E-state index contributed by atoms with van der Waals surface area (Å²) >= 11 is 1.79. The van der Waals surface area contributed by atoms with Crippen molar-refractivity contribution in [2.75, 3.05) is 25.5 Å². The lowest BCUT2D eigenvalue weighted by atomic mass is 10.1. The van der Waals surface area contributed by atoms with E-state index in [1.165, 1.54) is 4.88 Å². The normalized spacial score (nSPS) is 12.0. The van der Waals surface area contributed by atoms with Gasteiger partial charge in [0.05, 0.1) is 0 Å². The van der Waals surface area contributed by atoms with Gasteiger partial charge in [-0.3, -0.25) is 9.79 Å². The van der Waals surface area contributed by atoms with Crippen molar-refractivity contribution in [2.45, 2.75) is 26.7 Å². The summed E-state index contributed by atoms with van der Waals surface area (Å²) in [6.07, 6.45) is 1.40. The van der Waals surface area contributed by atoms with Crippen LogP contribution in [0.15, 0.2) is 40.7 Å². The molecule has 3 N–H and O–H groups in total. The Morgan fingerprint density at radius 3 is 2.74 bits per heavy atom. The number of aromatic nitrogens is 1. The molecule has 0 aliphatic carbocycles. The Bertz CT molecular complexity index is 721. The molecule has 0 fully saturated rings. The van der Waals surface area contributed by atoms with Gasteiger partial charge in [0.25, 0.3) is 0 Å². The summed E-state index contributed by atoms with van der Waals surface area (Å²) in [4.78, 5) is 21.8. The Kier molecular flexibility index (Phi) is 11.0. The number of carbonyl (C=O) groups is 1. The summed E-state index contributed by atoms with van der Waals surface area (Å²) in [7, 11) is 1.73. The van der Waals surface area contributed by atoms with Crippen LogP contribution in [-0.4, -0.2) is 37.0 Å². The van der Waals surface area contributed by atoms with Gasteiger partial charge in [0.15, 0.2) is 5.96 Å². The summed E-state index contributed by atoms with van der Waals surface area (Å²) in [6.45, 7) is 5.45. The van der Waals surface area contributed by atoms with Crippen LogP contribution < -0.4 is 16.0 Å². The van der Waals surface area contributed by atoms with E-state index < -0.39 is 0 Å². The highest BCUT2D eigenvalue weighted by atomic mass is 127. The standard InChI is InChI=1S/C19H27N5OS.HI/c1-14(12-16-7-5-11-26-16)13-22-19(20-3)21-10-9-18(25)24-17-8-4-6-15(2)23-17;/h4-8,11,14H,9-10,12-13H2,1-3H3,(H2,20,21,22)(H,23,24,25);1H. The van der Waals surface area contributed by atoms with Crippen molar-refractivity contribution in [3.63, 3.8) is 0 Å². The summed E-state index contributed by atoms with van der Waals surface area (Å²) < 4.78 is 0. The van der Waals surface area contributed by atoms with Gasteiger partial charge in [0, 0.05) is 37.1 Å². The van der Waals surface area contributed by atoms with E-state index in [0.717, 1.165) is 18.7 Å². The molecule has 148 valence electrons. The fourth-order valence-electron chi connectivity index (χ4n) is 2.45. The van der Waals surface area contributed by atoms with E-state index in [1.807, 2.05) is 19.1 Å². The number of nitrogens with zero attached hydrogens (tertiary/aromatic N) is 2. The molecule has 2 heterocycles. The summed E-state index contributed by atoms with van der Waals surface area (Å²) in [5.41, 5.74) is 0.877. The van der Waals surface area contributed by atoms with Crippen molar-refractivity contribution >= 4 is 53.0 Å². The van der Waals surface area contributed by atoms with Crippen LogP contribution in [0.5, 0.6) is 0 Å². The molecule has 0 aliphatic rings. The number of nitrogens with one attached hydrogen (secondary N) is 3. The lowest BCUT2D eigenvalue weighted by Gasteiger charge is -2.15. The lowest BCUT2D eigenvalue weighted by Crippen LogP contribution is -2.40. The highest BCUT2D eigenvalue weighted by Gasteiger charge is 2.07. The molecule has 1 atom stereocenters. The molecule has 0 aliphatic heterocycles. The SMILES string of the molecule is CN=C(NCCC(=O)Nc1cccc(C)n1)NCC(C)Cc1cccs1.I. The number of amides is 1. The van der Waals surface area contributed by atoms with E-state index in [9.17, 15) is 4.79 Å². The molecule has 1 amide bonds. The minimum absolute atomic E-state index is 0. The third-order valence-corrected chi connectivity index (χ3v) is 4.67. The average molecular weight is 501 g/mol. The minimum atomic E-state index is -0.0721. The van der Waals surface area contributed by atoms with E-state index in [-0.39, 0.29) is 29.9 Å². The topological polar surface area (TPSA) is 78.4 Å². The molecule has 2 rings (SSSR count). The van der Waals surface area contributed by atoms with E-state index >= 15 is 0 Å². The number of aliphatic imine (C=N–C) groups is 1. The van der Waals surface area contributed by atoms with Crippen LogP contribution in [0.3, 0.4) is 0 Å². The Hall–Kier alpha value is -1.68. The van der Waals surface area contributed by atoms with E-state index in [0.29, 0.717) is 30.7 Å². The van der Waals surface area contributed by atoms with Crippen molar-refractivity contribution in [3.8, 4) is 0 Å². The molecule has 6 nitrogen and oxygen atoms in total. The first-order chi connectivity index (χ1) is 12.6. The number of guanidine groups is 1. The van der Waals surface area contributed by atoms with E-state index in [2.05, 4.69) is 50.4 Å². The Labute approximate surface area is 182 Å². The lowest BCUT2D eigenvalue weighted by molar-refractivity contribution is -0.116. The second-order valence-corrected chi connectivity index (χ2v) is 7.26. The van der Waals surface area contributed by atoms with Gasteiger partial charge >= 0.3 is 0 Å². The molecule has 0 aromatic carbocycles. The second-order valence-electron chi connectivity index (χ2n) is 6.23. The van der Waals surface area contributed by atoms with Crippen LogP contribution in [0.1, 0.15) is 23.9 Å². The molecule has 0 saturated carbocycles. The van der Waals surface area contributed by atoms with E-state index in [4.69, 9.17) is 0 Å². The van der Waals surface area contributed by atoms with Gasteiger partial charge in [-0.1, -0.05) is 19.1 Å². The van der Waals surface area contributed by atoms with E-state index in [1.54, 1.807) is 24.5 Å². The fourth-order valence-corrected chi connectivity index (χ4v) is 3.32. The van der Waals surface area contributed by atoms with Gasteiger partial charge < -0.3 is 16.0 Å². The zero-order valence-corrected chi connectivity index (χ0v) is 19.1. The predicted molar refractivity (Wildman–Crippen MR) is 124 cm³/mol. The smallest absolute Gasteiger partial charge is 0.227 e. The monoisotopic (exact) mass is 501 g/mol. The van der Waals surface area contributed by atoms with Gasteiger partial charge in [-0.25, -0.2) is 4.98 Å². The number of pyridine rings is 1. The summed E-state index contributed by atoms with van der Waals surface area (Å²) in [6, 6.07) is 9.80. The second kappa shape index (κ2) is 12.7. The number of hydrogen-bond donors (Lipinski definition) is 3. The maximum Gasteiger partial charge on any atom is 0.227 e. The molecule has 0 bridgehead atoms. The summed E-state index contributed by atoms with van der Waals surface area (Å²) in [5, 5.41) is 11.4. The zero-order chi connectivity index (χ0) is 18.8. The predicted octanol–water partition coefficient (Wildman–Crippen LogP) is 3.44. The van der Waals surface area contributed by atoms with Crippen LogP contribution in [-0.2, 0) is 11.2 Å². The van der Waals surface area contributed by atoms with Crippen molar-refractivity contribution in [3.05, 3.63) is 46.3 Å². The van der Waals surface area contributed by atoms with Crippen LogP contribution in [0.25, 0.3) is 0 Å². The van der Waals surface area contributed by atoms with Crippen LogP contribution in [0.2, 0.25) is 0 Å². The molecule has 0 radical (unpaired) electrons. The first kappa shape index (κ1) is 23.4. The first-order valence-corrected chi connectivity index (χ1v) is 9.65. The Morgan fingerprint density at radius 1 is 1.26 bits per heavy atom. The number of rotatable bonds is 8. The molecule has 2 aromatic rings. The highest BCUT2D eigenvalue weighted by Crippen LogP contribution is 2.13. The number of thiophene rings is 1. The number of halogens is 1. The molecule has 1 unspecified atom stereocenters. The quantitative estimate of drug-likeness (QED) is 0.294. The maximum absolute atomic E-state index is 12.0. The molecule has 2 aromatic heterocycles. The number of hydrogen-bond acceptors (Lipinski definition) is 4. The highest BCUT2D eigenvalue weighted by molar-refractivity contribution is 14.0. The molecule has 27 heavy (non-hydrogen) atoms. The van der Waals surface area contributed by atoms with Crippen LogP contribution in [0.4, 0.5) is 5.82 Å². The van der Waals surface area contributed by atoms with Gasteiger partial charge in [-0.05, 0) is 42.8 Å². The minimum Gasteiger partial charge on any atom is -0.356 e. The molecule has 0 spiro atoms. The van der Waals surface area contributed by atoms with Crippen LogP contribution in [0, 0.1) is 12.8 Å². The van der Waals surface area contributed by atoms with Crippen molar-refractivity contribution in [1.82, 2.24) is 15.6 Å². The molecular weight excluding hydrogens is 473 g/mol. The Balaban J connectivity index is 0.00000364. The van der Waals surface area contributed by atoms with Gasteiger partial charge in [0.1, 0.15) is 5.82 Å². The first-order valence-electron chi connectivity index (χ1n) is 8.77. The number of carbonyl (C=O) groups excluding carboxylic acids is 1. The van der Waals surface area contributed by atoms with Crippen molar-refractivity contribution in [2.24, 2.45) is 10.9 Å². The van der Waals surface area contributed by atoms with Crippen molar-refractivity contribution < 1.29 is 4.79 Å². The number of aryl methyl sites for hydroxylation is 1. The molecular formula is C19H28IN5OS. The third kappa shape index (κ3) is 9.18. The van der Waals surface area contributed by atoms with Gasteiger partial charge in [-0.2, -0.15) is 0 Å². The van der Waals surface area contributed by atoms with Crippen molar-refractivity contribution in [1.29, 1.82) is 0 Å². The number of anilines is 1. The third-order valence-electron chi connectivity index (χ3n) is 3.77. The maximum atomic E-state index is 12.0. The fraction of sp³-hybridized carbons (Fsp3) is 0.421. The summed E-state index contributed by atoms with van der Waals surface area (Å²) in [5.74, 6) is 1.73. The average Bonchev–Trinajstić information content (AvgIpc) is 3.10. The van der Waals surface area contributed by atoms with Gasteiger partial charge in [-0.15, -0.1) is 35.3 Å². The molecule has 0 saturated heterocycles.